The first-order valence-electron chi connectivity index (χ1n) is 8.92. The molecule has 7 nitrogen and oxygen atoms in total. The molecule has 0 unspecified atom stereocenters. The average Bonchev–Trinajstić information content (AvgIpc) is 2.95. The van der Waals surface area contributed by atoms with Gasteiger partial charge in [-0.05, 0) is 35.9 Å². The molecule has 2 aromatic rings. The normalized spacial score (nSPS) is 15.4. The maximum atomic E-state index is 12.6. The molecular weight excluding hydrogens is 384 g/mol. The third kappa shape index (κ3) is 3.57. The molecule has 0 aliphatic carbocycles. The minimum Gasteiger partial charge on any atom is -0.489 e. The van der Waals surface area contributed by atoms with Crippen LogP contribution in [0.2, 0.25) is 5.02 Å². The van der Waals surface area contributed by atoms with Crippen LogP contribution in [0.15, 0.2) is 30.3 Å². The van der Waals surface area contributed by atoms with E-state index in [0.717, 1.165) is 12.0 Å². The van der Waals surface area contributed by atoms with Crippen molar-refractivity contribution in [3.8, 4) is 17.2 Å². The standard InChI is InChI=1S/C20H19ClN2O5/c1-23-15-9-13(3-4-16(15)28-11-18(23)24)20(25)22-10-12-7-14(21)19-17(8-12)26-5-2-6-27-19/h3-4,7-9H,2,5-6,10-11H2,1H3,(H,22,25). The second-order valence-electron chi connectivity index (χ2n) is 6.56. The highest BCUT2D eigenvalue weighted by atomic mass is 35.5. The lowest BCUT2D eigenvalue weighted by Gasteiger charge is -2.26. The van der Waals surface area contributed by atoms with E-state index in [4.69, 9.17) is 25.8 Å². The van der Waals surface area contributed by atoms with E-state index in [1.807, 2.05) is 6.07 Å². The van der Waals surface area contributed by atoms with E-state index in [2.05, 4.69) is 5.32 Å². The van der Waals surface area contributed by atoms with Crippen LogP contribution in [0.25, 0.3) is 0 Å². The van der Waals surface area contributed by atoms with Crippen LogP contribution in [0.3, 0.4) is 0 Å². The van der Waals surface area contributed by atoms with Gasteiger partial charge >= 0.3 is 0 Å². The van der Waals surface area contributed by atoms with Gasteiger partial charge in [0.25, 0.3) is 11.8 Å². The fourth-order valence-electron chi connectivity index (χ4n) is 3.08. The first kappa shape index (κ1) is 18.4. The Bertz CT molecular complexity index is 946. The molecule has 0 radical (unpaired) electrons. The number of rotatable bonds is 3. The van der Waals surface area contributed by atoms with Gasteiger partial charge in [-0.3, -0.25) is 9.59 Å². The zero-order chi connectivity index (χ0) is 19.7. The predicted molar refractivity (Wildman–Crippen MR) is 104 cm³/mol. The van der Waals surface area contributed by atoms with E-state index in [1.165, 1.54) is 4.90 Å². The molecule has 2 aromatic carbocycles. The number of amides is 2. The van der Waals surface area contributed by atoms with Crippen LogP contribution in [0, 0.1) is 0 Å². The highest BCUT2D eigenvalue weighted by Gasteiger charge is 2.23. The second kappa shape index (κ2) is 7.59. The molecule has 0 aromatic heterocycles. The number of nitrogens with one attached hydrogen (secondary N) is 1. The highest BCUT2D eigenvalue weighted by molar-refractivity contribution is 6.32. The summed E-state index contributed by atoms with van der Waals surface area (Å²) in [5, 5.41) is 3.31. The van der Waals surface area contributed by atoms with Gasteiger partial charge in [-0.1, -0.05) is 11.6 Å². The van der Waals surface area contributed by atoms with Crippen molar-refractivity contribution in [2.24, 2.45) is 0 Å². The Balaban J connectivity index is 1.49. The molecule has 0 spiro atoms. The van der Waals surface area contributed by atoms with Crippen molar-refractivity contribution < 1.29 is 23.8 Å². The highest BCUT2D eigenvalue weighted by Crippen LogP contribution is 2.38. The van der Waals surface area contributed by atoms with Gasteiger partial charge in [0.1, 0.15) is 5.75 Å². The Kier molecular flexibility index (Phi) is 5.00. The molecule has 0 saturated carbocycles. The van der Waals surface area contributed by atoms with Crippen LogP contribution in [-0.2, 0) is 11.3 Å². The smallest absolute Gasteiger partial charge is 0.264 e. The second-order valence-corrected chi connectivity index (χ2v) is 6.97. The van der Waals surface area contributed by atoms with Crippen molar-refractivity contribution in [1.82, 2.24) is 5.32 Å². The molecule has 0 fully saturated rings. The van der Waals surface area contributed by atoms with Crippen LogP contribution in [0.1, 0.15) is 22.3 Å². The van der Waals surface area contributed by atoms with Crippen molar-refractivity contribution in [3.05, 3.63) is 46.5 Å². The molecule has 28 heavy (non-hydrogen) atoms. The number of anilines is 1. The van der Waals surface area contributed by atoms with Crippen molar-refractivity contribution in [3.63, 3.8) is 0 Å². The van der Waals surface area contributed by atoms with Crippen LogP contribution in [-0.4, -0.2) is 38.7 Å². The van der Waals surface area contributed by atoms with Gasteiger partial charge in [0.05, 0.1) is 23.9 Å². The lowest BCUT2D eigenvalue weighted by molar-refractivity contribution is -0.120. The van der Waals surface area contributed by atoms with E-state index in [1.54, 1.807) is 31.3 Å². The summed E-state index contributed by atoms with van der Waals surface area (Å²) in [5.74, 6) is 1.27. The zero-order valence-corrected chi connectivity index (χ0v) is 16.0. The molecule has 0 saturated heterocycles. The molecule has 0 bridgehead atoms. The Hall–Kier alpha value is -2.93. The first-order chi connectivity index (χ1) is 13.5. The molecule has 146 valence electrons. The minimum atomic E-state index is -0.266. The van der Waals surface area contributed by atoms with Gasteiger partial charge in [-0.15, -0.1) is 0 Å². The third-order valence-corrected chi connectivity index (χ3v) is 4.90. The molecule has 4 rings (SSSR count). The average molecular weight is 403 g/mol. The summed E-state index contributed by atoms with van der Waals surface area (Å²) in [6.45, 7) is 1.39. The van der Waals surface area contributed by atoms with Crippen LogP contribution >= 0.6 is 11.6 Å². The lowest BCUT2D eigenvalue weighted by Crippen LogP contribution is -2.35. The number of hydrogen-bond acceptors (Lipinski definition) is 5. The summed E-state index contributed by atoms with van der Waals surface area (Å²) in [7, 11) is 1.66. The molecule has 1 N–H and O–H groups in total. The van der Waals surface area contributed by atoms with Gasteiger partial charge in [0.2, 0.25) is 0 Å². The van der Waals surface area contributed by atoms with E-state index >= 15 is 0 Å². The van der Waals surface area contributed by atoms with E-state index in [0.29, 0.717) is 46.7 Å². The van der Waals surface area contributed by atoms with Gasteiger partial charge in [0.15, 0.2) is 18.1 Å². The Morgan fingerprint density at radius 3 is 2.82 bits per heavy atom. The molecule has 2 amide bonds. The maximum Gasteiger partial charge on any atom is 0.264 e. The number of carbonyl (C=O) groups excluding carboxylic acids is 2. The quantitative estimate of drug-likeness (QED) is 0.854. The summed E-state index contributed by atoms with van der Waals surface area (Å²) >= 11 is 6.29. The SMILES string of the molecule is CN1C(=O)COc2ccc(C(=O)NCc3cc(Cl)c4c(c3)OCCCO4)cc21. The Labute approximate surface area is 167 Å². The first-order valence-corrected chi connectivity index (χ1v) is 9.30. The summed E-state index contributed by atoms with van der Waals surface area (Å²) < 4.78 is 16.7. The fraction of sp³-hybridized carbons (Fsp3) is 0.300. The van der Waals surface area contributed by atoms with Gasteiger partial charge in [-0.2, -0.15) is 0 Å². The number of hydrogen-bond donors (Lipinski definition) is 1. The summed E-state index contributed by atoms with van der Waals surface area (Å²) in [6, 6.07) is 8.57. The minimum absolute atomic E-state index is 0.0000829. The summed E-state index contributed by atoms with van der Waals surface area (Å²) in [4.78, 5) is 25.8. The topological polar surface area (TPSA) is 77.1 Å². The van der Waals surface area contributed by atoms with Crippen molar-refractivity contribution in [1.29, 1.82) is 0 Å². The van der Waals surface area contributed by atoms with Crippen molar-refractivity contribution in [2.45, 2.75) is 13.0 Å². The van der Waals surface area contributed by atoms with Gasteiger partial charge in [0, 0.05) is 25.6 Å². The number of fused-ring (bicyclic) bond motifs is 2. The van der Waals surface area contributed by atoms with Crippen molar-refractivity contribution >= 4 is 29.1 Å². The van der Waals surface area contributed by atoms with E-state index in [9.17, 15) is 9.59 Å². The monoisotopic (exact) mass is 402 g/mol. The molecule has 2 aliphatic heterocycles. The van der Waals surface area contributed by atoms with Crippen molar-refractivity contribution in [2.75, 3.05) is 31.8 Å². The van der Waals surface area contributed by atoms with E-state index < -0.39 is 0 Å². The summed E-state index contributed by atoms with van der Waals surface area (Å²) in [5.41, 5.74) is 1.81. The fourth-order valence-corrected chi connectivity index (χ4v) is 3.37. The van der Waals surface area contributed by atoms with Gasteiger partial charge < -0.3 is 24.4 Å². The molecular formula is C20H19ClN2O5. The summed E-state index contributed by atoms with van der Waals surface area (Å²) in [6.07, 6.45) is 0.788. The predicted octanol–water partition coefficient (Wildman–Crippen LogP) is 2.79. The van der Waals surface area contributed by atoms with Crippen LogP contribution in [0.4, 0.5) is 5.69 Å². The molecule has 8 heteroatoms. The Morgan fingerprint density at radius 1 is 1.14 bits per heavy atom. The Morgan fingerprint density at radius 2 is 1.96 bits per heavy atom. The molecule has 0 atom stereocenters. The molecule has 2 aliphatic rings. The number of likely N-dealkylation sites (N-methyl/N-ethyl adjacent to an activating group) is 1. The van der Waals surface area contributed by atoms with Crippen LogP contribution < -0.4 is 24.4 Å². The number of ether oxygens (including phenoxy) is 3. The zero-order valence-electron chi connectivity index (χ0n) is 15.3. The number of nitrogens with zero attached hydrogens (tertiary/aromatic N) is 1. The maximum absolute atomic E-state index is 12.6. The molecule has 2 heterocycles. The third-order valence-electron chi connectivity index (χ3n) is 4.62. The van der Waals surface area contributed by atoms with Gasteiger partial charge in [-0.25, -0.2) is 0 Å². The largest absolute Gasteiger partial charge is 0.489 e. The van der Waals surface area contributed by atoms with Crippen LogP contribution in [0.5, 0.6) is 17.2 Å². The number of halogens is 1. The number of benzene rings is 2. The lowest BCUT2D eigenvalue weighted by atomic mass is 10.1. The number of carbonyl (C=O) groups is 2. The van der Waals surface area contributed by atoms with E-state index in [-0.39, 0.29) is 25.0 Å².